The highest BCUT2D eigenvalue weighted by Crippen LogP contribution is 2.47. The Balaban J connectivity index is 1.69. The molecule has 2 heterocycles. The number of benzene rings is 2. The van der Waals surface area contributed by atoms with Gasteiger partial charge in [0.15, 0.2) is 11.5 Å². The third-order valence-corrected chi connectivity index (χ3v) is 8.26. The molecule has 2 aromatic carbocycles. The summed E-state index contributed by atoms with van der Waals surface area (Å²) in [6, 6.07) is 13.0. The van der Waals surface area contributed by atoms with Crippen LogP contribution in [0.4, 0.5) is 0 Å². The summed E-state index contributed by atoms with van der Waals surface area (Å²) < 4.78 is 16.4. The van der Waals surface area contributed by atoms with Crippen LogP contribution in [0.1, 0.15) is 82.4 Å². The Morgan fingerprint density at radius 2 is 1.68 bits per heavy atom. The van der Waals surface area contributed by atoms with Crippen LogP contribution < -0.4 is 14.2 Å². The van der Waals surface area contributed by atoms with E-state index >= 15 is 0 Å². The number of aliphatic carboxylic acids is 1. The maximum absolute atomic E-state index is 14.0. The highest BCUT2D eigenvalue weighted by Gasteiger charge is 2.48. The number of methoxy groups -OCH3 is 1. The molecule has 2 aliphatic rings. The zero-order valence-corrected chi connectivity index (χ0v) is 24.3. The van der Waals surface area contributed by atoms with Gasteiger partial charge >= 0.3 is 5.97 Å². The Bertz CT molecular complexity index is 1130. The van der Waals surface area contributed by atoms with Crippen molar-refractivity contribution in [3.8, 4) is 17.2 Å². The number of hydrogen-bond donors (Lipinski definition) is 1. The van der Waals surface area contributed by atoms with Crippen molar-refractivity contribution < 1.29 is 28.9 Å². The number of carboxylic acids is 1. The van der Waals surface area contributed by atoms with E-state index in [9.17, 15) is 14.7 Å². The number of carboxylic acid groups (broad SMARTS) is 1. The van der Waals surface area contributed by atoms with Crippen molar-refractivity contribution in [1.82, 2.24) is 9.80 Å². The Morgan fingerprint density at radius 3 is 2.30 bits per heavy atom. The van der Waals surface area contributed by atoms with Gasteiger partial charge in [0.1, 0.15) is 5.75 Å². The van der Waals surface area contributed by atoms with Gasteiger partial charge in [-0.05, 0) is 54.7 Å². The van der Waals surface area contributed by atoms with Gasteiger partial charge < -0.3 is 24.2 Å². The van der Waals surface area contributed by atoms with Crippen LogP contribution in [0.2, 0.25) is 0 Å². The summed E-state index contributed by atoms with van der Waals surface area (Å²) in [6.07, 6.45) is 5.96. The molecule has 4 rings (SSSR count). The summed E-state index contributed by atoms with van der Waals surface area (Å²) in [5.41, 5.74) is 1.74. The van der Waals surface area contributed by atoms with Gasteiger partial charge in [-0.1, -0.05) is 58.2 Å². The molecule has 218 valence electrons. The molecule has 0 aromatic heterocycles. The van der Waals surface area contributed by atoms with E-state index in [1.54, 1.807) is 7.11 Å². The maximum Gasteiger partial charge on any atom is 0.309 e. The number of nitrogens with zero attached hydrogens (tertiary/aromatic N) is 2. The number of likely N-dealkylation sites (tertiary alicyclic amines) is 1. The minimum absolute atomic E-state index is 0.0781. The lowest BCUT2D eigenvalue weighted by molar-refractivity contribution is -0.144. The van der Waals surface area contributed by atoms with Crippen molar-refractivity contribution in [3.05, 3.63) is 53.6 Å². The number of fused-ring (bicyclic) bond motifs is 1. The van der Waals surface area contributed by atoms with Gasteiger partial charge in [0.2, 0.25) is 12.7 Å². The van der Waals surface area contributed by atoms with Crippen molar-refractivity contribution in [2.24, 2.45) is 5.92 Å². The van der Waals surface area contributed by atoms with Gasteiger partial charge in [0, 0.05) is 31.1 Å². The third-order valence-electron chi connectivity index (χ3n) is 8.26. The molecule has 3 unspecified atom stereocenters. The van der Waals surface area contributed by atoms with Crippen molar-refractivity contribution in [1.29, 1.82) is 0 Å². The standard InChI is InChI=1S/C32H44N2O6/c1-5-8-17-34(24(9-6-2)10-7-3)29(35)20-33-19-26(23-13-16-27-28(18-23)40-21-39-27)30(32(36)37)31(33)22-11-14-25(38-4)15-12-22/h11-16,18,24,26,30-31H,5-10,17,19-21H2,1-4H3,(H,36,37). The molecule has 0 radical (unpaired) electrons. The molecule has 0 bridgehead atoms. The summed E-state index contributed by atoms with van der Waals surface area (Å²) in [7, 11) is 1.61. The minimum atomic E-state index is -0.879. The van der Waals surface area contributed by atoms with Crippen molar-refractivity contribution in [3.63, 3.8) is 0 Å². The number of unbranched alkanes of at least 4 members (excludes halogenated alkanes) is 1. The van der Waals surface area contributed by atoms with Gasteiger partial charge in [0.25, 0.3) is 0 Å². The van der Waals surface area contributed by atoms with Gasteiger partial charge in [-0.2, -0.15) is 0 Å². The molecule has 0 aliphatic carbocycles. The summed E-state index contributed by atoms with van der Waals surface area (Å²) >= 11 is 0. The Kier molecular flexibility index (Phi) is 10.3. The highest BCUT2D eigenvalue weighted by molar-refractivity contribution is 5.79. The highest BCUT2D eigenvalue weighted by atomic mass is 16.7. The number of carbonyl (C=O) groups excluding carboxylic acids is 1. The fraction of sp³-hybridized carbons (Fsp3) is 0.562. The molecule has 1 amide bonds. The van der Waals surface area contributed by atoms with Crippen LogP contribution >= 0.6 is 0 Å². The van der Waals surface area contributed by atoms with E-state index in [4.69, 9.17) is 14.2 Å². The second-order valence-electron chi connectivity index (χ2n) is 10.9. The Labute approximate surface area is 238 Å². The quantitative estimate of drug-likeness (QED) is 0.314. The largest absolute Gasteiger partial charge is 0.497 e. The van der Waals surface area contributed by atoms with Crippen molar-refractivity contribution >= 4 is 11.9 Å². The summed E-state index contributed by atoms with van der Waals surface area (Å²) in [6.45, 7) is 7.99. The predicted molar refractivity (Wildman–Crippen MR) is 154 cm³/mol. The second-order valence-corrected chi connectivity index (χ2v) is 10.9. The van der Waals surface area contributed by atoms with Crippen molar-refractivity contribution in [2.45, 2.75) is 77.3 Å². The zero-order valence-electron chi connectivity index (χ0n) is 24.3. The van der Waals surface area contributed by atoms with E-state index in [0.29, 0.717) is 23.8 Å². The molecule has 40 heavy (non-hydrogen) atoms. The van der Waals surface area contributed by atoms with E-state index < -0.39 is 17.9 Å². The maximum atomic E-state index is 14.0. The Morgan fingerprint density at radius 1 is 1.00 bits per heavy atom. The van der Waals surface area contributed by atoms with Crippen LogP contribution in [-0.4, -0.2) is 66.4 Å². The first-order valence-corrected chi connectivity index (χ1v) is 14.7. The Hall–Kier alpha value is -3.26. The van der Waals surface area contributed by atoms with Crippen LogP contribution in [0.3, 0.4) is 0 Å². The lowest BCUT2D eigenvalue weighted by atomic mass is 9.82. The molecular weight excluding hydrogens is 508 g/mol. The topological polar surface area (TPSA) is 88.5 Å². The fourth-order valence-corrected chi connectivity index (χ4v) is 6.30. The lowest BCUT2D eigenvalue weighted by Crippen LogP contribution is -2.46. The van der Waals surface area contributed by atoms with Crippen LogP contribution in [-0.2, 0) is 9.59 Å². The number of ether oxygens (including phenoxy) is 3. The summed E-state index contributed by atoms with van der Waals surface area (Å²) in [4.78, 5) is 31.1. The average molecular weight is 553 g/mol. The van der Waals surface area contributed by atoms with Crippen LogP contribution in [0.25, 0.3) is 0 Å². The first kappa shape index (κ1) is 29.7. The van der Waals surface area contributed by atoms with Crippen LogP contribution in [0.15, 0.2) is 42.5 Å². The molecular formula is C32H44N2O6. The van der Waals surface area contributed by atoms with Crippen LogP contribution in [0.5, 0.6) is 17.2 Å². The molecule has 2 aliphatic heterocycles. The molecule has 0 saturated carbocycles. The fourth-order valence-electron chi connectivity index (χ4n) is 6.30. The summed E-state index contributed by atoms with van der Waals surface area (Å²) in [5, 5.41) is 10.6. The number of rotatable bonds is 14. The summed E-state index contributed by atoms with van der Waals surface area (Å²) in [5.74, 6) is 0.134. The first-order valence-electron chi connectivity index (χ1n) is 14.7. The second kappa shape index (κ2) is 13.9. The average Bonchev–Trinajstić information content (AvgIpc) is 3.58. The monoisotopic (exact) mass is 552 g/mol. The molecule has 0 spiro atoms. The molecule has 1 saturated heterocycles. The lowest BCUT2D eigenvalue weighted by Gasteiger charge is -2.35. The normalized spacial score (nSPS) is 20.2. The molecule has 2 aromatic rings. The van der Waals surface area contributed by atoms with Crippen LogP contribution in [0, 0.1) is 5.92 Å². The van der Waals surface area contributed by atoms with E-state index in [-0.39, 0.29) is 31.2 Å². The molecule has 3 atom stereocenters. The predicted octanol–water partition coefficient (Wildman–Crippen LogP) is 5.86. The number of amides is 1. The zero-order chi connectivity index (χ0) is 28.6. The van der Waals surface area contributed by atoms with E-state index in [0.717, 1.165) is 56.2 Å². The van der Waals surface area contributed by atoms with Gasteiger partial charge in [-0.3, -0.25) is 14.5 Å². The number of hydrogen-bond acceptors (Lipinski definition) is 6. The first-order chi connectivity index (χ1) is 19.4. The van der Waals surface area contributed by atoms with Crippen molar-refractivity contribution in [2.75, 3.05) is 33.5 Å². The van der Waals surface area contributed by atoms with Gasteiger partial charge in [-0.15, -0.1) is 0 Å². The van der Waals surface area contributed by atoms with E-state index in [1.807, 2.05) is 42.5 Å². The van der Waals surface area contributed by atoms with E-state index in [2.05, 4.69) is 30.6 Å². The third kappa shape index (κ3) is 6.54. The van der Waals surface area contributed by atoms with E-state index in [1.165, 1.54) is 0 Å². The number of carbonyl (C=O) groups is 2. The minimum Gasteiger partial charge on any atom is -0.497 e. The smallest absolute Gasteiger partial charge is 0.309 e. The molecule has 8 nitrogen and oxygen atoms in total. The molecule has 1 fully saturated rings. The molecule has 1 N–H and O–H groups in total. The van der Waals surface area contributed by atoms with Gasteiger partial charge in [0.05, 0.1) is 19.6 Å². The van der Waals surface area contributed by atoms with Gasteiger partial charge in [-0.25, -0.2) is 0 Å². The molecule has 8 heteroatoms. The SMILES string of the molecule is CCCCN(C(=O)CN1CC(c2ccc3c(c2)OCO3)C(C(=O)O)C1c1ccc(OC)cc1)C(CCC)CCC.